The maximum Gasteiger partial charge on any atom is 0.296 e. The third kappa shape index (κ3) is 2.92. The number of anilines is 1. The van der Waals surface area contributed by atoms with Crippen molar-refractivity contribution in [2.45, 2.75) is 37.8 Å². The van der Waals surface area contributed by atoms with E-state index >= 15 is 0 Å². The van der Waals surface area contributed by atoms with Gasteiger partial charge in [0.15, 0.2) is 16.7 Å². The van der Waals surface area contributed by atoms with Crippen LogP contribution in [0.25, 0.3) is 10.2 Å². The molecular weight excluding hydrogens is 432 g/mol. The van der Waals surface area contributed by atoms with E-state index < -0.39 is 6.04 Å². The van der Waals surface area contributed by atoms with Gasteiger partial charge in [0.25, 0.3) is 5.91 Å². The molecule has 1 fully saturated rings. The van der Waals surface area contributed by atoms with E-state index in [4.69, 9.17) is 21.3 Å². The van der Waals surface area contributed by atoms with E-state index in [1.54, 1.807) is 11.0 Å². The van der Waals surface area contributed by atoms with Crippen LogP contribution in [0.15, 0.2) is 59.9 Å². The monoisotopic (exact) mass is 450 g/mol. The van der Waals surface area contributed by atoms with Gasteiger partial charge in [0.2, 0.25) is 0 Å². The maximum atomic E-state index is 13.6. The summed E-state index contributed by atoms with van der Waals surface area (Å²) in [5, 5.41) is 1.12. The SMILES string of the molecule is O=C1C2=C(OC3CCCCC13)C(=O)N(c1nc3ccccc3s1)C2c1cccc(Cl)c1. The Hall–Kier alpha value is -2.70. The van der Waals surface area contributed by atoms with Crippen LogP contribution in [0.2, 0.25) is 5.02 Å². The molecule has 0 radical (unpaired) electrons. The van der Waals surface area contributed by atoms with Gasteiger partial charge in [-0.3, -0.25) is 14.5 Å². The Morgan fingerprint density at radius 1 is 1.06 bits per heavy atom. The minimum absolute atomic E-state index is 0.0351. The molecule has 6 rings (SSSR count). The third-order valence-electron chi connectivity index (χ3n) is 6.42. The lowest BCUT2D eigenvalue weighted by Gasteiger charge is -2.35. The quantitative estimate of drug-likeness (QED) is 0.521. The lowest BCUT2D eigenvalue weighted by Crippen LogP contribution is -2.39. The number of rotatable bonds is 2. The van der Waals surface area contributed by atoms with Crippen molar-refractivity contribution in [3.05, 3.63) is 70.4 Å². The van der Waals surface area contributed by atoms with Crippen LogP contribution < -0.4 is 4.90 Å². The predicted molar refractivity (Wildman–Crippen MR) is 120 cm³/mol. The molecule has 0 saturated heterocycles. The van der Waals surface area contributed by atoms with Crippen molar-refractivity contribution in [3.8, 4) is 0 Å². The van der Waals surface area contributed by atoms with E-state index in [2.05, 4.69) is 0 Å². The molecule has 3 heterocycles. The summed E-state index contributed by atoms with van der Waals surface area (Å²) in [5.74, 6) is -0.251. The number of halogens is 1. The normalized spacial score (nSPS) is 25.6. The average molecular weight is 451 g/mol. The molecule has 3 unspecified atom stereocenters. The Morgan fingerprint density at radius 2 is 1.90 bits per heavy atom. The van der Waals surface area contributed by atoms with E-state index in [-0.39, 0.29) is 29.5 Å². The fraction of sp³-hybridized carbons (Fsp3) is 0.292. The molecule has 0 spiro atoms. The molecule has 1 amide bonds. The highest BCUT2D eigenvalue weighted by Crippen LogP contribution is 2.49. The van der Waals surface area contributed by atoms with Crippen LogP contribution in [0.5, 0.6) is 0 Å². The molecule has 31 heavy (non-hydrogen) atoms. The topological polar surface area (TPSA) is 59.5 Å². The van der Waals surface area contributed by atoms with Gasteiger partial charge in [0.05, 0.1) is 27.7 Å². The Labute approximate surface area is 188 Å². The molecule has 156 valence electrons. The van der Waals surface area contributed by atoms with Crippen LogP contribution in [0.1, 0.15) is 37.3 Å². The number of carbonyl (C=O) groups excluding carboxylic acids is 2. The fourth-order valence-corrected chi connectivity index (χ4v) is 6.19. The van der Waals surface area contributed by atoms with Crippen LogP contribution in [0, 0.1) is 5.92 Å². The van der Waals surface area contributed by atoms with E-state index in [0.29, 0.717) is 15.7 Å². The second-order valence-corrected chi connectivity index (χ2v) is 9.70. The highest BCUT2D eigenvalue weighted by Gasteiger charge is 2.53. The molecule has 3 atom stereocenters. The van der Waals surface area contributed by atoms with Crippen molar-refractivity contribution in [3.63, 3.8) is 0 Å². The van der Waals surface area contributed by atoms with Crippen molar-refractivity contribution in [2.75, 3.05) is 4.90 Å². The van der Waals surface area contributed by atoms with Crippen LogP contribution in [0.3, 0.4) is 0 Å². The number of nitrogens with zero attached hydrogens (tertiary/aromatic N) is 2. The van der Waals surface area contributed by atoms with Gasteiger partial charge in [-0.05, 0) is 49.1 Å². The molecule has 2 aliphatic heterocycles. The number of hydrogen-bond donors (Lipinski definition) is 0. The predicted octanol–water partition coefficient (Wildman–Crippen LogP) is 5.45. The van der Waals surface area contributed by atoms with Gasteiger partial charge in [-0.25, -0.2) is 4.98 Å². The van der Waals surface area contributed by atoms with E-state index in [1.807, 2.05) is 42.5 Å². The minimum atomic E-state index is -0.586. The summed E-state index contributed by atoms with van der Waals surface area (Å²) in [5.41, 5.74) is 2.07. The van der Waals surface area contributed by atoms with Crippen molar-refractivity contribution in [1.29, 1.82) is 0 Å². The zero-order valence-electron chi connectivity index (χ0n) is 16.6. The smallest absolute Gasteiger partial charge is 0.296 e. The number of para-hydroxylation sites is 1. The number of hydrogen-bond acceptors (Lipinski definition) is 5. The van der Waals surface area contributed by atoms with Crippen LogP contribution >= 0.6 is 22.9 Å². The van der Waals surface area contributed by atoms with Crippen molar-refractivity contribution >= 4 is 50.0 Å². The largest absolute Gasteiger partial charge is 0.483 e. The number of carbonyl (C=O) groups is 2. The summed E-state index contributed by atoms with van der Waals surface area (Å²) in [6.07, 6.45) is 3.43. The summed E-state index contributed by atoms with van der Waals surface area (Å²) in [6.45, 7) is 0. The maximum absolute atomic E-state index is 13.6. The fourth-order valence-electron chi connectivity index (χ4n) is 5.00. The van der Waals surface area contributed by atoms with Gasteiger partial charge < -0.3 is 4.74 Å². The molecule has 3 aromatic rings. The van der Waals surface area contributed by atoms with Gasteiger partial charge in [0, 0.05) is 5.02 Å². The van der Waals surface area contributed by atoms with Crippen LogP contribution in [-0.2, 0) is 14.3 Å². The van der Waals surface area contributed by atoms with Gasteiger partial charge in [-0.1, -0.05) is 53.6 Å². The Kier molecular flexibility index (Phi) is 4.40. The Balaban J connectivity index is 1.53. The number of thiazole rings is 1. The number of Topliss-reactive ketones (excluding diaryl/α,β-unsaturated/α-hetero) is 1. The minimum Gasteiger partial charge on any atom is -0.483 e. The van der Waals surface area contributed by atoms with Crippen molar-refractivity contribution in [1.82, 2.24) is 4.98 Å². The number of ether oxygens (including phenoxy) is 1. The first-order chi connectivity index (χ1) is 15.1. The molecule has 3 aliphatic rings. The number of amides is 1. The van der Waals surface area contributed by atoms with Crippen LogP contribution in [0.4, 0.5) is 5.13 Å². The number of ketones is 1. The van der Waals surface area contributed by atoms with Gasteiger partial charge in [-0.15, -0.1) is 0 Å². The second-order valence-electron chi connectivity index (χ2n) is 8.25. The summed E-state index contributed by atoms with van der Waals surface area (Å²) in [7, 11) is 0. The molecule has 2 aromatic carbocycles. The lowest BCUT2D eigenvalue weighted by molar-refractivity contribution is -0.131. The molecular formula is C24H19ClN2O3S. The molecule has 1 aromatic heterocycles. The number of benzene rings is 2. The van der Waals surface area contributed by atoms with Gasteiger partial charge in [0.1, 0.15) is 6.10 Å². The molecule has 1 saturated carbocycles. The summed E-state index contributed by atoms with van der Waals surface area (Å²) < 4.78 is 7.20. The summed E-state index contributed by atoms with van der Waals surface area (Å²) >= 11 is 7.73. The van der Waals surface area contributed by atoms with E-state index in [1.165, 1.54) is 11.3 Å². The first kappa shape index (κ1) is 19.0. The van der Waals surface area contributed by atoms with Crippen LogP contribution in [-0.4, -0.2) is 22.8 Å². The lowest BCUT2D eigenvalue weighted by atomic mass is 9.77. The first-order valence-corrected chi connectivity index (χ1v) is 11.7. The highest BCUT2D eigenvalue weighted by molar-refractivity contribution is 7.22. The average Bonchev–Trinajstić information content (AvgIpc) is 3.33. The highest BCUT2D eigenvalue weighted by atomic mass is 35.5. The molecule has 1 aliphatic carbocycles. The van der Waals surface area contributed by atoms with Gasteiger partial charge in [-0.2, -0.15) is 0 Å². The third-order valence-corrected chi connectivity index (χ3v) is 7.69. The Bertz CT molecular complexity index is 1230. The number of aromatic nitrogens is 1. The van der Waals surface area contributed by atoms with Crippen molar-refractivity contribution < 1.29 is 14.3 Å². The molecule has 0 bridgehead atoms. The molecule has 7 heteroatoms. The second kappa shape index (κ2) is 7.18. The first-order valence-electron chi connectivity index (χ1n) is 10.5. The molecule has 5 nitrogen and oxygen atoms in total. The van der Waals surface area contributed by atoms with Gasteiger partial charge >= 0.3 is 0 Å². The zero-order chi connectivity index (χ0) is 21.1. The summed E-state index contributed by atoms with van der Waals surface area (Å²) in [4.78, 5) is 33.6. The Morgan fingerprint density at radius 3 is 2.74 bits per heavy atom. The number of fused-ring (bicyclic) bond motifs is 2. The van der Waals surface area contributed by atoms with Crippen molar-refractivity contribution in [2.24, 2.45) is 5.92 Å². The standard InChI is InChI=1S/C24H19ClN2O3S/c25-14-7-5-6-13(12-14)20-19-21(28)15-8-1-3-10-17(15)30-22(19)23(29)27(20)24-26-16-9-2-4-11-18(16)31-24/h2,4-7,9,11-12,15,17,20H,1,3,8,10H2. The van der Waals surface area contributed by atoms with E-state index in [9.17, 15) is 9.59 Å². The molecule has 0 N–H and O–H groups in total. The zero-order valence-corrected chi connectivity index (χ0v) is 18.2. The summed E-state index contributed by atoms with van der Waals surface area (Å²) in [6, 6.07) is 14.5. The van der Waals surface area contributed by atoms with E-state index in [0.717, 1.165) is 41.5 Å².